The fourth-order valence-corrected chi connectivity index (χ4v) is 1.84. The molecular weight excluding hydrogens is 254 g/mol. The highest BCUT2D eigenvalue weighted by molar-refractivity contribution is 5.56. The highest BCUT2D eigenvalue weighted by Gasteiger charge is 2.10. The van der Waals surface area contributed by atoms with Crippen LogP contribution in [0.1, 0.15) is 18.2 Å². The molecule has 0 unspecified atom stereocenters. The molecule has 2 N–H and O–H groups in total. The first kappa shape index (κ1) is 14.6. The highest BCUT2D eigenvalue weighted by Crippen LogP contribution is 2.22. The van der Waals surface area contributed by atoms with Crippen molar-refractivity contribution in [3.05, 3.63) is 41.8 Å². The Hall–Kier alpha value is -1.85. The predicted molar refractivity (Wildman–Crippen MR) is 78.4 cm³/mol. The van der Waals surface area contributed by atoms with Gasteiger partial charge in [0.05, 0.1) is 19.4 Å². The second-order valence-electron chi connectivity index (χ2n) is 4.87. The van der Waals surface area contributed by atoms with E-state index in [-0.39, 0.29) is 0 Å². The molecule has 2 heterocycles. The SMILES string of the molecule is C=C(C)COCCNCc1cn[nH]c1-c1ccc(C)o1. The Bertz CT molecular complexity index is 557. The monoisotopic (exact) mass is 275 g/mol. The van der Waals surface area contributed by atoms with Crippen LogP contribution in [0.2, 0.25) is 0 Å². The van der Waals surface area contributed by atoms with Gasteiger partial charge in [-0.1, -0.05) is 12.2 Å². The predicted octanol–water partition coefficient (Wildman–Crippen LogP) is 2.66. The van der Waals surface area contributed by atoms with Crippen LogP contribution in [0.25, 0.3) is 11.5 Å². The zero-order valence-electron chi connectivity index (χ0n) is 12.0. The number of nitrogens with zero attached hydrogens (tertiary/aromatic N) is 1. The number of H-pyrrole nitrogens is 1. The molecule has 2 aromatic rings. The van der Waals surface area contributed by atoms with Crippen LogP contribution in [0.4, 0.5) is 0 Å². The molecule has 0 bridgehead atoms. The van der Waals surface area contributed by atoms with Gasteiger partial charge in [-0.15, -0.1) is 0 Å². The number of hydrogen-bond donors (Lipinski definition) is 2. The first-order valence-electron chi connectivity index (χ1n) is 6.68. The van der Waals surface area contributed by atoms with E-state index in [0.717, 1.165) is 41.4 Å². The fraction of sp³-hybridized carbons (Fsp3) is 0.400. The van der Waals surface area contributed by atoms with Crippen molar-refractivity contribution in [3.63, 3.8) is 0 Å². The number of furan rings is 1. The molecular formula is C15H21N3O2. The van der Waals surface area contributed by atoms with Gasteiger partial charge < -0.3 is 14.5 Å². The van der Waals surface area contributed by atoms with Crippen LogP contribution in [-0.4, -0.2) is 30.0 Å². The largest absolute Gasteiger partial charge is 0.460 e. The summed E-state index contributed by atoms with van der Waals surface area (Å²) in [5, 5.41) is 10.4. The second kappa shape index (κ2) is 7.07. The summed E-state index contributed by atoms with van der Waals surface area (Å²) in [5.74, 6) is 1.71. The molecule has 0 amide bonds. The van der Waals surface area contributed by atoms with Crippen molar-refractivity contribution >= 4 is 0 Å². The van der Waals surface area contributed by atoms with Gasteiger partial charge >= 0.3 is 0 Å². The molecule has 2 rings (SSSR count). The molecule has 0 aliphatic heterocycles. The van der Waals surface area contributed by atoms with Gasteiger partial charge in [-0.05, 0) is 26.0 Å². The fourth-order valence-electron chi connectivity index (χ4n) is 1.84. The second-order valence-corrected chi connectivity index (χ2v) is 4.87. The van der Waals surface area contributed by atoms with Gasteiger partial charge in [-0.3, -0.25) is 5.10 Å². The summed E-state index contributed by atoms with van der Waals surface area (Å²) in [5.41, 5.74) is 3.04. The number of hydrogen-bond acceptors (Lipinski definition) is 4. The van der Waals surface area contributed by atoms with Gasteiger partial charge in [0.25, 0.3) is 0 Å². The minimum atomic E-state index is 0.615. The quantitative estimate of drug-likeness (QED) is 0.574. The van der Waals surface area contributed by atoms with Gasteiger partial charge in [0.2, 0.25) is 0 Å². The summed E-state index contributed by atoms with van der Waals surface area (Å²) in [6.07, 6.45) is 1.81. The van der Waals surface area contributed by atoms with Crippen molar-refractivity contribution in [2.75, 3.05) is 19.8 Å². The summed E-state index contributed by atoms with van der Waals surface area (Å²) in [6.45, 7) is 10.5. The van der Waals surface area contributed by atoms with E-state index in [1.54, 1.807) is 0 Å². The van der Waals surface area contributed by atoms with E-state index >= 15 is 0 Å². The first-order chi connectivity index (χ1) is 9.66. The van der Waals surface area contributed by atoms with Crippen molar-refractivity contribution < 1.29 is 9.15 Å². The number of rotatable bonds is 8. The van der Waals surface area contributed by atoms with E-state index < -0.39 is 0 Å². The highest BCUT2D eigenvalue weighted by atomic mass is 16.5. The van der Waals surface area contributed by atoms with Crippen molar-refractivity contribution in [1.29, 1.82) is 0 Å². The number of aromatic nitrogens is 2. The molecule has 20 heavy (non-hydrogen) atoms. The van der Waals surface area contributed by atoms with E-state index in [2.05, 4.69) is 22.1 Å². The number of aryl methyl sites for hydroxylation is 1. The average Bonchev–Trinajstić information content (AvgIpc) is 3.01. The van der Waals surface area contributed by atoms with Crippen LogP contribution < -0.4 is 5.32 Å². The zero-order chi connectivity index (χ0) is 14.4. The summed E-state index contributed by atoms with van der Waals surface area (Å²) in [7, 11) is 0. The molecule has 0 aliphatic rings. The van der Waals surface area contributed by atoms with E-state index in [1.165, 1.54) is 0 Å². The van der Waals surface area contributed by atoms with Crippen LogP contribution in [0.15, 0.2) is 34.9 Å². The van der Waals surface area contributed by atoms with Crippen LogP contribution >= 0.6 is 0 Å². The summed E-state index contributed by atoms with van der Waals surface area (Å²) < 4.78 is 11.0. The summed E-state index contributed by atoms with van der Waals surface area (Å²) >= 11 is 0. The standard InChI is InChI=1S/C15H21N3O2/c1-11(2)10-19-7-6-16-8-13-9-17-18-15(13)14-5-4-12(3)20-14/h4-5,9,16H,1,6-8,10H2,2-3H3,(H,17,18). The Balaban J connectivity index is 1.79. The molecule has 0 saturated heterocycles. The minimum absolute atomic E-state index is 0.615. The van der Waals surface area contributed by atoms with Crippen LogP contribution in [0.3, 0.4) is 0 Å². The maximum Gasteiger partial charge on any atom is 0.152 e. The van der Waals surface area contributed by atoms with Gasteiger partial charge in [-0.25, -0.2) is 0 Å². The van der Waals surface area contributed by atoms with Gasteiger partial charge in [-0.2, -0.15) is 5.10 Å². The average molecular weight is 275 g/mol. The lowest BCUT2D eigenvalue weighted by atomic mass is 10.2. The summed E-state index contributed by atoms with van der Waals surface area (Å²) in [6, 6.07) is 3.89. The van der Waals surface area contributed by atoms with Crippen molar-refractivity contribution in [2.24, 2.45) is 0 Å². The van der Waals surface area contributed by atoms with Crippen LogP contribution in [0, 0.1) is 6.92 Å². The van der Waals surface area contributed by atoms with Gasteiger partial charge in [0, 0.05) is 18.7 Å². The topological polar surface area (TPSA) is 63.1 Å². The van der Waals surface area contributed by atoms with Crippen molar-refractivity contribution in [2.45, 2.75) is 20.4 Å². The number of nitrogens with one attached hydrogen (secondary N) is 2. The van der Waals surface area contributed by atoms with Crippen LogP contribution in [0.5, 0.6) is 0 Å². The third-order valence-corrected chi connectivity index (χ3v) is 2.79. The smallest absolute Gasteiger partial charge is 0.152 e. The Morgan fingerprint density at radius 1 is 1.50 bits per heavy atom. The van der Waals surface area contributed by atoms with E-state index in [9.17, 15) is 0 Å². The third-order valence-electron chi connectivity index (χ3n) is 2.79. The van der Waals surface area contributed by atoms with E-state index in [1.807, 2.05) is 32.2 Å². The Kier molecular flexibility index (Phi) is 5.15. The normalized spacial score (nSPS) is 10.9. The molecule has 0 spiro atoms. The van der Waals surface area contributed by atoms with E-state index in [0.29, 0.717) is 13.2 Å². The molecule has 0 radical (unpaired) electrons. The van der Waals surface area contributed by atoms with Crippen LogP contribution in [-0.2, 0) is 11.3 Å². The molecule has 0 aliphatic carbocycles. The maximum atomic E-state index is 5.61. The van der Waals surface area contributed by atoms with Gasteiger partial charge in [0.1, 0.15) is 11.5 Å². The zero-order valence-corrected chi connectivity index (χ0v) is 12.0. The molecule has 2 aromatic heterocycles. The minimum Gasteiger partial charge on any atom is -0.460 e. The Morgan fingerprint density at radius 3 is 3.05 bits per heavy atom. The van der Waals surface area contributed by atoms with Gasteiger partial charge in [0.15, 0.2) is 5.76 Å². The molecule has 5 nitrogen and oxygen atoms in total. The lowest BCUT2D eigenvalue weighted by molar-refractivity contribution is 0.158. The van der Waals surface area contributed by atoms with Crippen molar-refractivity contribution in [1.82, 2.24) is 15.5 Å². The van der Waals surface area contributed by atoms with Crippen molar-refractivity contribution in [3.8, 4) is 11.5 Å². The molecule has 0 saturated carbocycles. The molecule has 0 fully saturated rings. The Labute approximate surface area is 119 Å². The molecule has 108 valence electrons. The maximum absolute atomic E-state index is 5.61. The first-order valence-corrected chi connectivity index (χ1v) is 6.68. The molecule has 5 heteroatoms. The molecule has 0 atom stereocenters. The lowest BCUT2D eigenvalue weighted by Gasteiger charge is -2.06. The number of aromatic amines is 1. The lowest BCUT2D eigenvalue weighted by Crippen LogP contribution is -2.19. The van der Waals surface area contributed by atoms with E-state index in [4.69, 9.17) is 9.15 Å². The summed E-state index contributed by atoms with van der Waals surface area (Å²) in [4.78, 5) is 0. The number of ether oxygens (including phenoxy) is 1. The third kappa shape index (κ3) is 4.08. The molecule has 0 aromatic carbocycles. The Morgan fingerprint density at radius 2 is 2.35 bits per heavy atom.